The lowest BCUT2D eigenvalue weighted by Crippen LogP contribution is -2.60. The third-order valence-electron chi connectivity index (χ3n) is 5.80. The molecule has 0 saturated carbocycles. The maximum atomic E-state index is 14.0. The molecule has 3 saturated heterocycles. The molecule has 3 aliphatic rings. The molecule has 0 N–H and O–H groups in total. The van der Waals surface area contributed by atoms with Gasteiger partial charge in [-0.1, -0.05) is 0 Å². The second kappa shape index (κ2) is 8.12. The maximum Gasteiger partial charge on any atom is 0.259 e. The molecule has 0 aliphatic carbocycles. The topological polar surface area (TPSA) is 64.2 Å². The summed E-state index contributed by atoms with van der Waals surface area (Å²) in [6.07, 6.45) is 3.83. The number of halogens is 1. The summed E-state index contributed by atoms with van der Waals surface area (Å²) in [5, 5.41) is 0. The summed E-state index contributed by atoms with van der Waals surface area (Å²) < 4.78 is 14.0. The number of rotatable bonds is 4. The molecule has 3 rings (SSSR count). The zero-order valence-corrected chi connectivity index (χ0v) is 16.5. The Balaban J connectivity index is 1.54. The van der Waals surface area contributed by atoms with Crippen LogP contribution in [0.25, 0.3) is 0 Å². The lowest BCUT2D eigenvalue weighted by molar-refractivity contribution is -0.151. The highest BCUT2D eigenvalue weighted by molar-refractivity contribution is 5.87. The van der Waals surface area contributed by atoms with Crippen molar-refractivity contribution < 1.29 is 18.8 Å². The molecule has 1 unspecified atom stereocenters. The molecule has 0 spiro atoms. The fourth-order valence-corrected chi connectivity index (χ4v) is 4.29. The van der Waals surface area contributed by atoms with E-state index in [2.05, 4.69) is 4.90 Å². The van der Waals surface area contributed by atoms with Gasteiger partial charge in [-0.05, 0) is 52.6 Å². The van der Waals surface area contributed by atoms with Crippen molar-refractivity contribution in [1.29, 1.82) is 0 Å². The van der Waals surface area contributed by atoms with E-state index < -0.39 is 11.6 Å². The van der Waals surface area contributed by atoms with Gasteiger partial charge in [0, 0.05) is 32.2 Å². The van der Waals surface area contributed by atoms with Gasteiger partial charge in [0.05, 0.1) is 13.1 Å². The molecule has 0 bridgehead atoms. The van der Waals surface area contributed by atoms with Crippen molar-refractivity contribution in [3.63, 3.8) is 0 Å². The van der Waals surface area contributed by atoms with E-state index in [0.717, 1.165) is 38.8 Å². The first-order valence-electron chi connectivity index (χ1n) is 10.0. The van der Waals surface area contributed by atoms with Crippen LogP contribution in [0.3, 0.4) is 0 Å². The fourth-order valence-electron chi connectivity index (χ4n) is 4.29. The third kappa shape index (κ3) is 4.78. The molecule has 27 heavy (non-hydrogen) atoms. The van der Waals surface area contributed by atoms with Crippen LogP contribution < -0.4 is 0 Å². The Bertz CT molecular complexity index is 586. The summed E-state index contributed by atoms with van der Waals surface area (Å²) in [7, 11) is 0. The SMILES string of the molecule is CC(C)(F)C(=O)N1CCCC(N2CCN(C(=O)CN3CCCC3)CC2=O)C1. The number of alkyl halides is 1. The Labute approximate surface area is 160 Å². The Hall–Kier alpha value is -1.70. The van der Waals surface area contributed by atoms with Crippen LogP contribution in [0.15, 0.2) is 0 Å². The van der Waals surface area contributed by atoms with Crippen molar-refractivity contribution in [1.82, 2.24) is 19.6 Å². The molecule has 1 atom stereocenters. The Morgan fingerprint density at radius 1 is 1.04 bits per heavy atom. The van der Waals surface area contributed by atoms with E-state index >= 15 is 0 Å². The van der Waals surface area contributed by atoms with Crippen molar-refractivity contribution in [3.05, 3.63) is 0 Å². The van der Waals surface area contributed by atoms with Crippen LogP contribution in [0.5, 0.6) is 0 Å². The first kappa shape index (κ1) is 20.0. The van der Waals surface area contributed by atoms with Crippen molar-refractivity contribution in [2.24, 2.45) is 0 Å². The average Bonchev–Trinajstić information content (AvgIpc) is 3.13. The lowest BCUT2D eigenvalue weighted by Gasteiger charge is -2.44. The van der Waals surface area contributed by atoms with Gasteiger partial charge in [-0.15, -0.1) is 0 Å². The lowest BCUT2D eigenvalue weighted by atomic mass is 10.0. The minimum absolute atomic E-state index is 0.0181. The number of nitrogens with zero attached hydrogens (tertiary/aromatic N) is 4. The van der Waals surface area contributed by atoms with E-state index in [1.54, 1.807) is 9.80 Å². The first-order chi connectivity index (χ1) is 12.8. The number of hydrogen-bond acceptors (Lipinski definition) is 4. The van der Waals surface area contributed by atoms with E-state index in [0.29, 0.717) is 32.7 Å². The zero-order chi connectivity index (χ0) is 19.6. The Kier molecular flexibility index (Phi) is 6.03. The molecule has 0 aromatic heterocycles. The minimum atomic E-state index is -1.90. The molecule has 152 valence electrons. The molecule has 0 radical (unpaired) electrons. The number of carbonyl (C=O) groups excluding carboxylic acids is 3. The number of carbonyl (C=O) groups is 3. The molecule has 0 aromatic rings. The van der Waals surface area contributed by atoms with Crippen LogP contribution >= 0.6 is 0 Å². The monoisotopic (exact) mass is 382 g/mol. The highest BCUT2D eigenvalue weighted by atomic mass is 19.1. The van der Waals surface area contributed by atoms with Crippen LogP contribution in [-0.2, 0) is 14.4 Å². The van der Waals surface area contributed by atoms with Gasteiger partial charge in [-0.25, -0.2) is 4.39 Å². The van der Waals surface area contributed by atoms with E-state index in [1.807, 2.05) is 0 Å². The third-order valence-corrected chi connectivity index (χ3v) is 5.80. The standard InChI is InChI=1S/C19H31FN4O3/c1-19(2,20)18(27)23-9-5-6-15(12-23)24-11-10-22(14-17(24)26)16(25)13-21-7-3-4-8-21/h15H,3-14H2,1-2H3. The predicted octanol–water partition coefficient (Wildman–Crippen LogP) is 0.492. The quantitative estimate of drug-likeness (QED) is 0.710. The summed E-state index contributed by atoms with van der Waals surface area (Å²) in [6.45, 7) is 6.87. The number of piperidine rings is 1. The van der Waals surface area contributed by atoms with Crippen LogP contribution in [0.4, 0.5) is 4.39 Å². The van der Waals surface area contributed by atoms with Crippen molar-refractivity contribution >= 4 is 17.7 Å². The van der Waals surface area contributed by atoms with E-state index in [1.165, 1.54) is 18.7 Å². The Morgan fingerprint density at radius 3 is 2.37 bits per heavy atom. The molecule has 3 heterocycles. The van der Waals surface area contributed by atoms with E-state index in [9.17, 15) is 18.8 Å². The predicted molar refractivity (Wildman–Crippen MR) is 98.8 cm³/mol. The number of hydrogen-bond donors (Lipinski definition) is 0. The Morgan fingerprint density at radius 2 is 1.74 bits per heavy atom. The summed E-state index contributed by atoms with van der Waals surface area (Å²) >= 11 is 0. The average molecular weight is 382 g/mol. The molecule has 3 amide bonds. The smallest absolute Gasteiger partial charge is 0.259 e. The number of piperazine rings is 1. The van der Waals surface area contributed by atoms with Crippen LogP contribution in [0.2, 0.25) is 0 Å². The molecule has 8 heteroatoms. The largest absolute Gasteiger partial charge is 0.338 e. The summed E-state index contributed by atoms with van der Waals surface area (Å²) in [4.78, 5) is 44.4. The van der Waals surface area contributed by atoms with Crippen LogP contribution in [0.1, 0.15) is 39.5 Å². The normalized spacial score (nSPS) is 25.2. The minimum Gasteiger partial charge on any atom is -0.338 e. The molecular formula is C19H31FN4O3. The van der Waals surface area contributed by atoms with Gasteiger partial charge in [0.1, 0.15) is 0 Å². The summed E-state index contributed by atoms with van der Waals surface area (Å²) in [5.41, 5.74) is -1.90. The molecular weight excluding hydrogens is 351 g/mol. The van der Waals surface area contributed by atoms with Crippen LogP contribution in [0, 0.1) is 0 Å². The molecule has 3 aliphatic heterocycles. The van der Waals surface area contributed by atoms with E-state index in [4.69, 9.17) is 0 Å². The fraction of sp³-hybridized carbons (Fsp3) is 0.842. The van der Waals surface area contributed by atoms with Gasteiger partial charge in [0.15, 0.2) is 5.67 Å². The van der Waals surface area contributed by atoms with Crippen LogP contribution in [-0.4, -0.2) is 101 Å². The van der Waals surface area contributed by atoms with Gasteiger partial charge < -0.3 is 14.7 Å². The summed E-state index contributed by atoms with van der Waals surface area (Å²) in [6, 6.07) is -0.0895. The molecule has 7 nitrogen and oxygen atoms in total. The van der Waals surface area contributed by atoms with Gasteiger partial charge in [0.2, 0.25) is 11.8 Å². The molecule has 3 fully saturated rings. The maximum absolute atomic E-state index is 14.0. The highest BCUT2D eigenvalue weighted by Crippen LogP contribution is 2.22. The van der Waals surface area contributed by atoms with Gasteiger partial charge >= 0.3 is 0 Å². The van der Waals surface area contributed by atoms with Crippen molar-refractivity contribution in [2.75, 3.05) is 52.4 Å². The van der Waals surface area contributed by atoms with Gasteiger partial charge in [0.25, 0.3) is 5.91 Å². The summed E-state index contributed by atoms with van der Waals surface area (Å²) in [5.74, 6) is -0.571. The van der Waals surface area contributed by atoms with Crippen molar-refractivity contribution in [2.45, 2.75) is 51.2 Å². The van der Waals surface area contributed by atoms with Gasteiger partial charge in [-0.2, -0.15) is 0 Å². The number of amides is 3. The second-order valence-electron chi connectivity index (χ2n) is 8.41. The molecule has 0 aromatic carbocycles. The zero-order valence-electron chi connectivity index (χ0n) is 16.5. The highest BCUT2D eigenvalue weighted by Gasteiger charge is 2.38. The van der Waals surface area contributed by atoms with Crippen molar-refractivity contribution in [3.8, 4) is 0 Å². The second-order valence-corrected chi connectivity index (χ2v) is 8.41. The van der Waals surface area contributed by atoms with Gasteiger partial charge in [-0.3, -0.25) is 19.3 Å². The first-order valence-corrected chi connectivity index (χ1v) is 10.0. The van der Waals surface area contributed by atoms with E-state index in [-0.39, 0.29) is 24.4 Å². The number of likely N-dealkylation sites (tertiary alicyclic amines) is 2.